The smallest absolute Gasteiger partial charge is 0.272 e. The van der Waals surface area contributed by atoms with Crippen molar-refractivity contribution in [1.82, 2.24) is 18.4 Å². The molecule has 0 saturated carbocycles. The Labute approximate surface area is 392 Å². The SMILES string of the molecule is CCOc1c(Nc2ccc(Cl)c(S(=O)(=O)N3CCN4CCCC4C3)c2O)c(=O)c1=O.O=c1c(Nc2ccc(Cl)c(S(=O)(=O)N3CCN4CCCC4C3)c2O)c(Nc2cccc(F)c2Cl)c1=O. The first kappa shape index (κ1) is 47.6. The van der Waals surface area contributed by atoms with Gasteiger partial charge in [0.1, 0.15) is 32.7 Å². The lowest BCUT2D eigenvalue weighted by atomic mass is 10.1. The number of phenols is 2. The van der Waals surface area contributed by atoms with Crippen molar-refractivity contribution in [2.45, 2.75) is 54.5 Å². The average molecular weight is 1010 g/mol. The maximum atomic E-state index is 13.8. The predicted molar refractivity (Wildman–Crippen MR) is 248 cm³/mol. The number of nitrogens with one attached hydrogen (secondary N) is 3. The molecule has 5 aromatic carbocycles. The van der Waals surface area contributed by atoms with Crippen molar-refractivity contribution in [2.75, 3.05) is 74.9 Å². The number of aromatic hydroxyl groups is 2. The van der Waals surface area contributed by atoms with E-state index in [4.69, 9.17) is 39.5 Å². The Bertz CT molecular complexity index is 3110. The fraction of sp³-hybridized carbons (Fsp3) is 0.381. The molecule has 5 aromatic rings. The lowest BCUT2D eigenvalue weighted by Crippen LogP contribution is -2.51. The van der Waals surface area contributed by atoms with Gasteiger partial charge in [0.05, 0.1) is 38.7 Å². The molecule has 24 heteroatoms. The Balaban J connectivity index is 0.000000182. The number of hydrogen-bond acceptors (Lipinski definition) is 16. The number of hydrogen-bond donors (Lipinski definition) is 5. The number of anilines is 6. The molecule has 0 radical (unpaired) electrons. The Kier molecular flexibility index (Phi) is 13.5. The van der Waals surface area contributed by atoms with Crippen LogP contribution >= 0.6 is 34.8 Å². The van der Waals surface area contributed by atoms with E-state index in [2.05, 4.69) is 25.8 Å². The molecular formula is C42H43Cl3FN7O11S2. The van der Waals surface area contributed by atoms with E-state index >= 15 is 0 Å². The molecule has 0 bridgehead atoms. The van der Waals surface area contributed by atoms with Gasteiger partial charge in [-0.3, -0.25) is 29.0 Å². The van der Waals surface area contributed by atoms with E-state index in [0.29, 0.717) is 26.2 Å². The summed E-state index contributed by atoms with van der Waals surface area (Å²) in [5.74, 6) is -2.15. The number of halogens is 4. The van der Waals surface area contributed by atoms with Crippen molar-refractivity contribution >= 4 is 89.0 Å². The van der Waals surface area contributed by atoms with Gasteiger partial charge in [0.25, 0.3) is 21.7 Å². The number of rotatable bonds is 12. The van der Waals surface area contributed by atoms with Crippen LogP contribution in [0.2, 0.25) is 15.1 Å². The summed E-state index contributed by atoms with van der Waals surface area (Å²) in [5.41, 5.74) is -4.05. The van der Waals surface area contributed by atoms with Gasteiger partial charge < -0.3 is 30.9 Å². The molecule has 4 aliphatic heterocycles. The number of nitrogens with zero attached hydrogens (tertiary/aromatic N) is 4. The molecule has 66 heavy (non-hydrogen) atoms. The number of fused-ring (bicyclic) bond motifs is 2. The van der Waals surface area contributed by atoms with Crippen LogP contribution in [0.15, 0.2) is 71.4 Å². The fourth-order valence-electron chi connectivity index (χ4n) is 8.81. The molecule has 9 rings (SSSR count). The monoisotopic (exact) mass is 1010 g/mol. The van der Waals surface area contributed by atoms with Crippen LogP contribution in [0, 0.1) is 5.82 Å². The molecule has 0 aliphatic carbocycles. The highest BCUT2D eigenvalue weighted by Gasteiger charge is 2.41. The molecule has 352 valence electrons. The molecule has 2 atom stereocenters. The highest BCUT2D eigenvalue weighted by atomic mass is 35.5. The molecule has 4 fully saturated rings. The molecule has 5 N–H and O–H groups in total. The van der Waals surface area contributed by atoms with Gasteiger partial charge in [0.15, 0.2) is 17.2 Å². The molecule has 4 aliphatic rings. The van der Waals surface area contributed by atoms with E-state index in [-0.39, 0.29) is 86.7 Å². The van der Waals surface area contributed by atoms with Gasteiger partial charge in [0.2, 0.25) is 20.0 Å². The third-order valence-corrected chi connectivity index (χ3v) is 17.4. The topological polar surface area (TPSA) is 235 Å². The van der Waals surface area contributed by atoms with Crippen LogP contribution in [0.4, 0.5) is 38.5 Å². The predicted octanol–water partition coefficient (Wildman–Crippen LogP) is 4.64. The second-order valence-electron chi connectivity index (χ2n) is 16.1. The summed E-state index contributed by atoms with van der Waals surface area (Å²) in [4.78, 5) is 51.6. The van der Waals surface area contributed by atoms with E-state index in [1.165, 1.54) is 45.0 Å². The quantitative estimate of drug-likeness (QED) is 0.0846. The van der Waals surface area contributed by atoms with Crippen molar-refractivity contribution in [2.24, 2.45) is 0 Å². The van der Waals surface area contributed by atoms with Crippen LogP contribution in [-0.4, -0.2) is 117 Å². The fourth-order valence-corrected chi connectivity index (χ4v) is 13.1. The van der Waals surface area contributed by atoms with Gasteiger partial charge in [-0.25, -0.2) is 21.2 Å². The second-order valence-corrected chi connectivity index (χ2v) is 21.1. The largest absolute Gasteiger partial charge is 0.504 e. The van der Waals surface area contributed by atoms with E-state index in [0.717, 1.165) is 44.8 Å². The van der Waals surface area contributed by atoms with E-state index in [1.807, 2.05) is 0 Å². The summed E-state index contributed by atoms with van der Waals surface area (Å²) in [6.45, 7) is 6.14. The molecule has 0 spiro atoms. The number of piperazine rings is 2. The average Bonchev–Trinajstić information content (AvgIpc) is 3.98. The Morgan fingerprint density at radius 1 is 0.636 bits per heavy atom. The molecule has 18 nitrogen and oxygen atoms in total. The highest BCUT2D eigenvalue weighted by Crippen LogP contribution is 2.43. The first-order valence-electron chi connectivity index (χ1n) is 20.9. The van der Waals surface area contributed by atoms with Crippen molar-refractivity contribution in [3.63, 3.8) is 0 Å². The molecule has 4 saturated heterocycles. The van der Waals surface area contributed by atoms with Crippen LogP contribution in [0.5, 0.6) is 17.2 Å². The Morgan fingerprint density at radius 2 is 1.09 bits per heavy atom. The van der Waals surface area contributed by atoms with E-state index in [1.54, 1.807) is 6.92 Å². The normalized spacial score (nSPS) is 19.6. The highest BCUT2D eigenvalue weighted by molar-refractivity contribution is 7.89. The minimum absolute atomic E-state index is 0.0504. The zero-order valence-electron chi connectivity index (χ0n) is 35.1. The lowest BCUT2D eigenvalue weighted by molar-refractivity contribution is 0.158. The maximum Gasteiger partial charge on any atom is 0.272 e. The Hall–Kier alpha value is -4.84. The van der Waals surface area contributed by atoms with E-state index < -0.39 is 68.9 Å². The van der Waals surface area contributed by atoms with Gasteiger partial charge in [-0.1, -0.05) is 40.9 Å². The lowest BCUT2D eigenvalue weighted by Gasteiger charge is -2.36. The zero-order valence-corrected chi connectivity index (χ0v) is 39.0. The summed E-state index contributed by atoms with van der Waals surface area (Å²) in [6.07, 6.45) is 3.86. The molecular weight excluding hydrogens is 968 g/mol. The van der Waals surface area contributed by atoms with Crippen molar-refractivity contribution in [1.29, 1.82) is 0 Å². The van der Waals surface area contributed by atoms with Crippen LogP contribution in [-0.2, 0) is 20.0 Å². The number of phenolic OH excluding ortho intramolecular Hbond substituents is 2. The van der Waals surface area contributed by atoms with Gasteiger partial charge >= 0.3 is 0 Å². The van der Waals surface area contributed by atoms with Crippen LogP contribution in [0.3, 0.4) is 0 Å². The number of sulfonamides is 2. The molecule has 0 aromatic heterocycles. The number of ether oxygens (including phenoxy) is 1. The minimum atomic E-state index is -4.16. The third kappa shape index (κ3) is 8.64. The summed E-state index contributed by atoms with van der Waals surface area (Å²) >= 11 is 18.3. The van der Waals surface area contributed by atoms with Gasteiger partial charge in [0, 0.05) is 51.4 Å². The van der Waals surface area contributed by atoms with Crippen LogP contribution in [0.1, 0.15) is 32.6 Å². The van der Waals surface area contributed by atoms with Crippen molar-refractivity contribution < 1.29 is 36.2 Å². The standard InChI is InChI=1S/C23H21Cl2FN4O5S.C19H22ClN3O6S/c24-13-6-7-16(20(31)23(13)36(34,35)30-10-9-29-8-2-3-12(29)11-30)28-19-18(21(32)22(19)33)27-15-5-1-4-14(26)17(15)25;1-2-29-18-14(16(25)17(18)26)21-13-6-5-12(20)19(15(13)24)30(27,28)23-9-8-22-7-3-4-11(22)10-23/h1,4-7,12,27-28,31H,2-3,8-11H2;5-6,11,21,24H,2-4,7-10H2,1H3. The summed E-state index contributed by atoms with van der Waals surface area (Å²) in [5, 5.41) is 29.0. The second kappa shape index (κ2) is 18.7. The molecule has 4 heterocycles. The van der Waals surface area contributed by atoms with Crippen LogP contribution < -0.4 is 42.4 Å². The minimum Gasteiger partial charge on any atom is -0.504 e. The Morgan fingerprint density at radius 3 is 1.58 bits per heavy atom. The van der Waals surface area contributed by atoms with E-state index in [9.17, 15) is 50.6 Å². The van der Waals surface area contributed by atoms with Gasteiger partial charge in [-0.15, -0.1) is 0 Å². The number of benzene rings is 3. The first-order valence-corrected chi connectivity index (χ1v) is 24.9. The van der Waals surface area contributed by atoms with Crippen molar-refractivity contribution in [3.8, 4) is 17.2 Å². The zero-order chi connectivity index (χ0) is 47.4. The first-order chi connectivity index (χ1) is 31.3. The maximum absolute atomic E-state index is 13.8. The summed E-state index contributed by atoms with van der Waals surface area (Å²) in [6, 6.07) is 9.44. The van der Waals surface area contributed by atoms with Gasteiger partial charge in [-0.05, 0) is 82.1 Å². The summed E-state index contributed by atoms with van der Waals surface area (Å²) < 4.78 is 75.1. The third-order valence-electron chi connectivity index (χ3n) is 12.3. The van der Waals surface area contributed by atoms with Crippen LogP contribution in [0.25, 0.3) is 0 Å². The molecule has 2 unspecified atom stereocenters. The summed E-state index contributed by atoms with van der Waals surface area (Å²) in [7, 11) is -8.24. The molecule has 0 amide bonds. The van der Waals surface area contributed by atoms with Crippen molar-refractivity contribution in [3.05, 3.63) is 104 Å². The van der Waals surface area contributed by atoms with Gasteiger partial charge in [-0.2, -0.15) is 8.61 Å².